The summed E-state index contributed by atoms with van der Waals surface area (Å²) in [4.78, 5) is 29.8. The van der Waals surface area contributed by atoms with E-state index in [0.29, 0.717) is 22.6 Å². The molecule has 0 unspecified atom stereocenters. The van der Waals surface area contributed by atoms with Crippen LogP contribution < -0.4 is 10.6 Å². The zero-order chi connectivity index (χ0) is 26.4. The van der Waals surface area contributed by atoms with Crippen LogP contribution >= 0.6 is 0 Å². The summed E-state index contributed by atoms with van der Waals surface area (Å²) in [6.45, 7) is 6.08. The van der Waals surface area contributed by atoms with Crippen molar-refractivity contribution in [3.63, 3.8) is 0 Å². The van der Waals surface area contributed by atoms with E-state index in [-0.39, 0.29) is 36.8 Å². The van der Waals surface area contributed by atoms with Crippen molar-refractivity contribution in [2.24, 2.45) is 0 Å². The molecule has 0 aliphatic heterocycles. The highest BCUT2D eigenvalue weighted by atomic mass is 16.4. The van der Waals surface area contributed by atoms with E-state index in [1.165, 1.54) is 10.9 Å². The van der Waals surface area contributed by atoms with Crippen LogP contribution in [0.3, 0.4) is 0 Å². The molecule has 9 heteroatoms. The molecule has 9 nitrogen and oxygen atoms in total. The van der Waals surface area contributed by atoms with Gasteiger partial charge in [0.15, 0.2) is 0 Å². The molecular formula is C28H31N5O4. The number of anilines is 1. The SMILES string of the molecule is CCC(CC)NC(=O)c1cc(-c2cccc(-c3ncc(C(=O)Nc4ccc(C)cc4)o3)c2)nn1CCO. The highest BCUT2D eigenvalue weighted by Crippen LogP contribution is 2.27. The molecule has 2 aromatic carbocycles. The Morgan fingerprint density at radius 1 is 1.03 bits per heavy atom. The van der Waals surface area contributed by atoms with Gasteiger partial charge in [-0.05, 0) is 50.1 Å². The van der Waals surface area contributed by atoms with E-state index in [9.17, 15) is 14.7 Å². The lowest BCUT2D eigenvalue weighted by atomic mass is 10.1. The van der Waals surface area contributed by atoms with Crippen LogP contribution in [0.15, 0.2) is 65.2 Å². The number of aryl methyl sites for hydroxylation is 1. The van der Waals surface area contributed by atoms with E-state index in [1.807, 2.05) is 69.3 Å². The van der Waals surface area contributed by atoms with Crippen LogP contribution in [0.5, 0.6) is 0 Å². The summed E-state index contributed by atoms with van der Waals surface area (Å²) < 4.78 is 7.26. The fraction of sp³-hybridized carbons (Fsp3) is 0.286. The maximum Gasteiger partial charge on any atom is 0.293 e. The third-order valence-corrected chi connectivity index (χ3v) is 6.09. The standard InChI is InChI=1S/C28H31N5O4/c1-4-21(5-2)30-26(35)24-16-23(32-33(24)13-14-34)19-7-6-8-20(15-19)28-29-17-25(37-28)27(36)31-22-11-9-18(3)10-12-22/h6-12,15-17,21,34H,4-5,13-14H2,1-3H3,(H,30,35)(H,31,36). The summed E-state index contributed by atoms with van der Waals surface area (Å²) in [5.41, 5.74) is 4.13. The number of aromatic nitrogens is 3. The molecular weight excluding hydrogens is 470 g/mol. The molecule has 4 rings (SSSR count). The minimum atomic E-state index is -0.394. The molecule has 2 heterocycles. The zero-order valence-electron chi connectivity index (χ0n) is 21.2. The Morgan fingerprint density at radius 3 is 2.46 bits per heavy atom. The number of carbonyl (C=O) groups is 2. The zero-order valence-corrected chi connectivity index (χ0v) is 21.2. The highest BCUT2D eigenvalue weighted by molar-refractivity contribution is 6.02. The van der Waals surface area contributed by atoms with Crippen molar-refractivity contribution in [3.05, 3.63) is 77.8 Å². The maximum absolute atomic E-state index is 12.9. The average Bonchev–Trinajstić information content (AvgIpc) is 3.57. The number of nitrogens with one attached hydrogen (secondary N) is 2. The minimum Gasteiger partial charge on any atom is -0.431 e. The molecule has 3 N–H and O–H groups in total. The molecule has 0 saturated carbocycles. The largest absolute Gasteiger partial charge is 0.431 e. The smallest absolute Gasteiger partial charge is 0.293 e. The van der Waals surface area contributed by atoms with Gasteiger partial charge in [0.1, 0.15) is 5.69 Å². The number of hydrogen-bond donors (Lipinski definition) is 3. The van der Waals surface area contributed by atoms with E-state index in [4.69, 9.17) is 4.42 Å². The summed E-state index contributed by atoms with van der Waals surface area (Å²) in [6, 6.07) is 16.6. The Balaban J connectivity index is 1.56. The molecule has 0 aliphatic carbocycles. The van der Waals surface area contributed by atoms with Gasteiger partial charge in [-0.3, -0.25) is 14.3 Å². The predicted octanol–water partition coefficient (Wildman–Crippen LogP) is 4.68. The molecule has 37 heavy (non-hydrogen) atoms. The van der Waals surface area contributed by atoms with Crippen LogP contribution in [0.1, 0.15) is 53.3 Å². The van der Waals surface area contributed by atoms with Crippen LogP contribution in [0.25, 0.3) is 22.7 Å². The fourth-order valence-electron chi connectivity index (χ4n) is 3.91. The van der Waals surface area contributed by atoms with Crippen molar-refractivity contribution >= 4 is 17.5 Å². The molecule has 4 aromatic rings. The Bertz CT molecular complexity index is 1370. The Labute approximate surface area is 215 Å². The second-order valence-electron chi connectivity index (χ2n) is 8.78. The van der Waals surface area contributed by atoms with Crippen LogP contribution in [-0.2, 0) is 6.54 Å². The summed E-state index contributed by atoms with van der Waals surface area (Å²) in [5, 5.41) is 19.9. The van der Waals surface area contributed by atoms with E-state index >= 15 is 0 Å². The van der Waals surface area contributed by atoms with Gasteiger partial charge in [0.2, 0.25) is 11.7 Å². The van der Waals surface area contributed by atoms with Gasteiger partial charge in [0.05, 0.1) is 25.0 Å². The third-order valence-electron chi connectivity index (χ3n) is 6.09. The van der Waals surface area contributed by atoms with Crippen molar-refractivity contribution in [1.82, 2.24) is 20.1 Å². The van der Waals surface area contributed by atoms with E-state index in [1.54, 1.807) is 6.07 Å². The van der Waals surface area contributed by atoms with E-state index < -0.39 is 5.91 Å². The molecule has 192 valence electrons. The van der Waals surface area contributed by atoms with Gasteiger partial charge >= 0.3 is 0 Å². The van der Waals surface area contributed by atoms with Gasteiger partial charge < -0.3 is 20.2 Å². The number of aliphatic hydroxyl groups is 1. The minimum absolute atomic E-state index is 0.0687. The summed E-state index contributed by atoms with van der Waals surface area (Å²) >= 11 is 0. The number of nitrogens with zero attached hydrogens (tertiary/aromatic N) is 3. The van der Waals surface area contributed by atoms with Gasteiger partial charge in [0, 0.05) is 22.9 Å². The number of oxazole rings is 1. The second-order valence-corrected chi connectivity index (χ2v) is 8.78. The van der Waals surface area contributed by atoms with Gasteiger partial charge in [-0.1, -0.05) is 43.7 Å². The van der Waals surface area contributed by atoms with Crippen molar-refractivity contribution in [2.45, 2.75) is 46.2 Å². The van der Waals surface area contributed by atoms with Gasteiger partial charge in [-0.15, -0.1) is 0 Å². The van der Waals surface area contributed by atoms with Crippen LogP contribution in [-0.4, -0.2) is 44.3 Å². The number of rotatable bonds is 10. The van der Waals surface area contributed by atoms with Crippen molar-refractivity contribution in [2.75, 3.05) is 11.9 Å². The molecule has 0 bridgehead atoms. The van der Waals surface area contributed by atoms with Gasteiger partial charge in [-0.25, -0.2) is 4.98 Å². The summed E-state index contributed by atoms with van der Waals surface area (Å²) in [6.07, 6.45) is 3.04. The predicted molar refractivity (Wildman–Crippen MR) is 141 cm³/mol. The number of benzene rings is 2. The monoisotopic (exact) mass is 501 g/mol. The molecule has 0 atom stereocenters. The van der Waals surface area contributed by atoms with Crippen molar-refractivity contribution < 1.29 is 19.1 Å². The first-order chi connectivity index (χ1) is 17.9. The molecule has 0 fully saturated rings. The molecule has 0 spiro atoms. The molecule has 0 radical (unpaired) electrons. The van der Waals surface area contributed by atoms with Crippen molar-refractivity contribution in [3.8, 4) is 22.7 Å². The first kappa shape index (κ1) is 25.8. The Kier molecular flexibility index (Phi) is 8.15. The lowest BCUT2D eigenvalue weighted by Crippen LogP contribution is -2.35. The quantitative estimate of drug-likeness (QED) is 0.290. The number of carbonyl (C=O) groups excluding carboxylic acids is 2. The summed E-state index contributed by atoms with van der Waals surface area (Å²) in [7, 11) is 0. The molecule has 2 aromatic heterocycles. The Morgan fingerprint density at radius 2 is 1.76 bits per heavy atom. The second kappa shape index (κ2) is 11.7. The van der Waals surface area contributed by atoms with Crippen LogP contribution in [0, 0.1) is 6.92 Å². The first-order valence-corrected chi connectivity index (χ1v) is 12.4. The van der Waals surface area contributed by atoms with Gasteiger partial charge in [0.25, 0.3) is 11.8 Å². The lowest BCUT2D eigenvalue weighted by molar-refractivity contribution is 0.0921. The fourth-order valence-corrected chi connectivity index (χ4v) is 3.91. The van der Waals surface area contributed by atoms with Crippen LogP contribution in [0.4, 0.5) is 5.69 Å². The topological polar surface area (TPSA) is 122 Å². The average molecular weight is 502 g/mol. The number of hydrogen-bond acceptors (Lipinski definition) is 6. The normalized spacial score (nSPS) is 11.1. The first-order valence-electron chi connectivity index (χ1n) is 12.4. The van der Waals surface area contributed by atoms with Crippen LogP contribution in [0.2, 0.25) is 0 Å². The third kappa shape index (κ3) is 6.13. The highest BCUT2D eigenvalue weighted by Gasteiger charge is 2.19. The Hall–Kier alpha value is -4.24. The van der Waals surface area contributed by atoms with Crippen molar-refractivity contribution in [1.29, 1.82) is 0 Å². The molecule has 2 amide bonds. The number of amides is 2. The lowest BCUT2D eigenvalue weighted by Gasteiger charge is -2.15. The van der Waals surface area contributed by atoms with Gasteiger partial charge in [-0.2, -0.15) is 5.10 Å². The maximum atomic E-state index is 12.9. The molecule has 0 aliphatic rings. The summed E-state index contributed by atoms with van der Waals surface area (Å²) in [5.74, 6) is -0.241. The molecule has 0 saturated heterocycles. The van der Waals surface area contributed by atoms with E-state index in [0.717, 1.165) is 24.0 Å². The van der Waals surface area contributed by atoms with E-state index in [2.05, 4.69) is 20.7 Å². The number of aliphatic hydroxyl groups excluding tert-OH is 1.